The second kappa shape index (κ2) is 8.07. The van der Waals surface area contributed by atoms with Gasteiger partial charge in [0.05, 0.1) is 31.0 Å². The number of methoxy groups -OCH3 is 1. The molecule has 1 saturated heterocycles. The molecule has 0 bridgehead atoms. The Balaban J connectivity index is 1.46. The van der Waals surface area contributed by atoms with E-state index in [1.54, 1.807) is 7.11 Å². The fourth-order valence-corrected chi connectivity index (χ4v) is 4.71. The topological polar surface area (TPSA) is 74.8 Å². The quantitative estimate of drug-likeness (QED) is 0.810. The van der Waals surface area contributed by atoms with Gasteiger partial charge in [0.15, 0.2) is 0 Å². The number of hydrogen-bond acceptors (Lipinski definition) is 5. The fraction of sp³-hybridized carbons (Fsp3) is 0.667. The number of nitrogens with one attached hydrogen (secondary N) is 1. The molecule has 7 heteroatoms. The van der Waals surface area contributed by atoms with E-state index in [1.165, 1.54) is 12.8 Å². The Morgan fingerprint density at radius 1 is 1.29 bits per heavy atom. The van der Waals surface area contributed by atoms with Gasteiger partial charge in [0.2, 0.25) is 11.8 Å². The smallest absolute Gasteiger partial charge is 0.256 e. The van der Waals surface area contributed by atoms with Crippen LogP contribution in [0.2, 0.25) is 0 Å². The van der Waals surface area contributed by atoms with Crippen LogP contribution in [0.1, 0.15) is 67.1 Å². The maximum atomic E-state index is 12.9. The highest BCUT2D eigenvalue weighted by molar-refractivity contribution is 5.98. The van der Waals surface area contributed by atoms with Gasteiger partial charge in [0.1, 0.15) is 0 Å². The summed E-state index contributed by atoms with van der Waals surface area (Å²) in [7, 11) is 1.58. The standard InChI is InChI=1S/C21H30N4O3/c1-14(24-9-5-6-10-24)19(26)22-12-15-11-17-18(23-20(15)28-2)13-25(21(17)27)16-7-3-4-8-16/h11,14,16H,3-10,12-13H2,1-2H3,(H,22,26)/t14-/m1/s1. The van der Waals surface area contributed by atoms with Gasteiger partial charge in [-0.05, 0) is 51.8 Å². The molecule has 1 N–H and O–H groups in total. The summed E-state index contributed by atoms with van der Waals surface area (Å²) in [6, 6.07) is 2.05. The Kier molecular flexibility index (Phi) is 5.53. The van der Waals surface area contributed by atoms with E-state index in [0.29, 0.717) is 30.6 Å². The number of rotatable bonds is 6. The highest BCUT2D eigenvalue weighted by Gasteiger charge is 2.36. The van der Waals surface area contributed by atoms with Gasteiger partial charge in [-0.3, -0.25) is 14.5 Å². The number of carbonyl (C=O) groups is 2. The predicted octanol–water partition coefficient (Wildman–Crippen LogP) is 2.09. The molecular formula is C21H30N4O3. The van der Waals surface area contributed by atoms with E-state index in [-0.39, 0.29) is 17.9 Å². The molecule has 28 heavy (non-hydrogen) atoms. The van der Waals surface area contributed by atoms with Gasteiger partial charge in [0, 0.05) is 18.2 Å². The number of amides is 2. The molecule has 0 unspecified atom stereocenters. The van der Waals surface area contributed by atoms with Crippen molar-refractivity contribution in [2.75, 3.05) is 20.2 Å². The van der Waals surface area contributed by atoms with Crippen LogP contribution in [0.15, 0.2) is 6.07 Å². The first kappa shape index (κ1) is 19.2. The van der Waals surface area contributed by atoms with E-state index < -0.39 is 0 Å². The van der Waals surface area contributed by atoms with Gasteiger partial charge in [-0.1, -0.05) is 12.8 Å². The van der Waals surface area contributed by atoms with Crippen LogP contribution in [-0.2, 0) is 17.9 Å². The number of ether oxygens (including phenoxy) is 1. The van der Waals surface area contributed by atoms with Gasteiger partial charge in [0.25, 0.3) is 5.91 Å². The van der Waals surface area contributed by atoms with E-state index in [1.807, 2.05) is 17.9 Å². The van der Waals surface area contributed by atoms with Crippen molar-refractivity contribution in [1.82, 2.24) is 20.1 Å². The lowest BCUT2D eigenvalue weighted by Crippen LogP contribution is -2.43. The number of nitrogens with zero attached hydrogens (tertiary/aromatic N) is 3. The Hall–Kier alpha value is -2.15. The summed E-state index contributed by atoms with van der Waals surface area (Å²) < 4.78 is 5.46. The SMILES string of the molecule is COc1nc2c(cc1CNC(=O)[C@@H](C)N1CCCC1)C(=O)N(C1CCCC1)C2. The summed E-state index contributed by atoms with van der Waals surface area (Å²) in [5.74, 6) is 0.562. The van der Waals surface area contributed by atoms with E-state index in [2.05, 4.69) is 15.2 Å². The van der Waals surface area contributed by atoms with Crippen molar-refractivity contribution in [3.05, 3.63) is 22.9 Å². The third-order valence-corrected chi connectivity index (χ3v) is 6.43. The molecule has 0 aromatic carbocycles. The van der Waals surface area contributed by atoms with Crippen LogP contribution in [0.4, 0.5) is 0 Å². The largest absolute Gasteiger partial charge is 0.481 e. The van der Waals surface area contributed by atoms with Crippen molar-refractivity contribution in [3.8, 4) is 5.88 Å². The van der Waals surface area contributed by atoms with Crippen molar-refractivity contribution in [3.63, 3.8) is 0 Å². The zero-order valence-electron chi connectivity index (χ0n) is 16.9. The number of likely N-dealkylation sites (tertiary alicyclic amines) is 1. The summed E-state index contributed by atoms with van der Waals surface area (Å²) in [5, 5.41) is 3.00. The lowest BCUT2D eigenvalue weighted by molar-refractivity contribution is -0.125. The molecule has 3 heterocycles. The van der Waals surface area contributed by atoms with E-state index in [0.717, 1.165) is 50.0 Å². The molecule has 1 aliphatic carbocycles. The van der Waals surface area contributed by atoms with Crippen LogP contribution in [0.25, 0.3) is 0 Å². The van der Waals surface area contributed by atoms with Gasteiger partial charge in [-0.2, -0.15) is 0 Å². The summed E-state index contributed by atoms with van der Waals surface area (Å²) in [6.45, 7) is 4.78. The normalized spacial score (nSPS) is 21.2. The van der Waals surface area contributed by atoms with Crippen molar-refractivity contribution < 1.29 is 14.3 Å². The Morgan fingerprint density at radius 2 is 2.00 bits per heavy atom. The zero-order valence-corrected chi connectivity index (χ0v) is 16.9. The zero-order chi connectivity index (χ0) is 19.7. The predicted molar refractivity (Wildman–Crippen MR) is 105 cm³/mol. The Labute approximate surface area is 166 Å². The summed E-state index contributed by atoms with van der Waals surface area (Å²) >= 11 is 0. The fourth-order valence-electron chi connectivity index (χ4n) is 4.71. The van der Waals surface area contributed by atoms with E-state index in [4.69, 9.17) is 4.74 Å². The monoisotopic (exact) mass is 386 g/mol. The molecule has 1 aromatic heterocycles. The average Bonchev–Trinajstić information content (AvgIpc) is 3.46. The molecule has 4 rings (SSSR count). The van der Waals surface area contributed by atoms with Crippen LogP contribution in [-0.4, -0.2) is 58.9 Å². The summed E-state index contributed by atoms with van der Waals surface area (Å²) in [4.78, 5) is 34.2. The second-order valence-electron chi connectivity index (χ2n) is 8.16. The van der Waals surface area contributed by atoms with E-state index >= 15 is 0 Å². The minimum absolute atomic E-state index is 0.00311. The molecule has 2 amide bonds. The molecule has 2 fully saturated rings. The molecule has 152 valence electrons. The summed E-state index contributed by atoms with van der Waals surface area (Å²) in [6.07, 6.45) is 6.84. The lowest BCUT2D eigenvalue weighted by Gasteiger charge is -2.23. The second-order valence-corrected chi connectivity index (χ2v) is 8.16. The number of aromatic nitrogens is 1. The molecule has 1 aromatic rings. The van der Waals surface area contributed by atoms with Gasteiger partial charge < -0.3 is 15.0 Å². The van der Waals surface area contributed by atoms with Gasteiger partial charge >= 0.3 is 0 Å². The first-order chi connectivity index (χ1) is 13.6. The van der Waals surface area contributed by atoms with Crippen LogP contribution >= 0.6 is 0 Å². The van der Waals surface area contributed by atoms with Crippen LogP contribution < -0.4 is 10.1 Å². The third-order valence-electron chi connectivity index (χ3n) is 6.43. The molecule has 0 radical (unpaired) electrons. The highest BCUT2D eigenvalue weighted by atomic mass is 16.5. The van der Waals surface area contributed by atoms with Crippen molar-refractivity contribution in [2.45, 2.75) is 70.6 Å². The highest BCUT2D eigenvalue weighted by Crippen LogP contribution is 2.33. The van der Waals surface area contributed by atoms with Gasteiger partial charge in [-0.25, -0.2) is 4.98 Å². The molecule has 3 aliphatic rings. The van der Waals surface area contributed by atoms with Crippen molar-refractivity contribution in [1.29, 1.82) is 0 Å². The van der Waals surface area contributed by atoms with Crippen molar-refractivity contribution in [2.24, 2.45) is 0 Å². The van der Waals surface area contributed by atoms with Crippen molar-refractivity contribution >= 4 is 11.8 Å². The van der Waals surface area contributed by atoms with E-state index in [9.17, 15) is 9.59 Å². The van der Waals surface area contributed by atoms with Crippen LogP contribution in [0.5, 0.6) is 5.88 Å². The lowest BCUT2D eigenvalue weighted by atomic mass is 10.1. The Morgan fingerprint density at radius 3 is 2.68 bits per heavy atom. The first-order valence-corrected chi connectivity index (χ1v) is 10.5. The number of fused-ring (bicyclic) bond motifs is 1. The minimum Gasteiger partial charge on any atom is -0.481 e. The number of hydrogen-bond donors (Lipinski definition) is 1. The molecule has 1 atom stereocenters. The molecule has 1 saturated carbocycles. The average molecular weight is 386 g/mol. The van der Waals surface area contributed by atoms with Crippen LogP contribution in [0.3, 0.4) is 0 Å². The number of carbonyl (C=O) groups excluding carboxylic acids is 2. The maximum absolute atomic E-state index is 12.9. The van der Waals surface area contributed by atoms with Gasteiger partial charge in [-0.15, -0.1) is 0 Å². The number of pyridine rings is 1. The molecule has 0 spiro atoms. The summed E-state index contributed by atoms with van der Waals surface area (Å²) in [5.41, 5.74) is 2.20. The molecule has 2 aliphatic heterocycles. The Bertz CT molecular complexity index is 754. The minimum atomic E-state index is -0.143. The molecular weight excluding hydrogens is 356 g/mol. The first-order valence-electron chi connectivity index (χ1n) is 10.5. The van der Waals surface area contributed by atoms with Crippen LogP contribution in [0, 0.1) is 0 Å². The maximum Gasteiger partial charge on any atom is 0.256 e. The molecule has 7 nitrogen and oxygen atoms in total. The third kappa shape index (κ3) is 3.60.